The molecule has 0 aliphatic carbocycles. The predicted octanol–water partition coefficient (Wildman–Crippen LogP) is 6.19. The van der Waals surface area contributed by atoms with Crippen LogP contribution in [0.4, 0.5) is 14.9 Å². The van der Waals surface area contributed by atoms with Crippen LogP contribution in [0.1, 0.15) is 11.1 Å². The molecular weight excluding hydrogens is 636 g/mol. The summed E-state index contributed by atoms with van der Waals surface area (Å²) < 4.78 is 22.0. The molecule has 0 atom stereocenters. The number of nitrogens with two attached hydrogens (primary N) is 1. The highest BCUT2D eigenvalue weighted by molar-refractivity contribution is 7.80. The summed E-state index contributed by atoms with van der Waals surface area (Å²) in [6.07, 6.45) is 2.74. The Morgan fingerprint density at radius 2 is 1.70 bits per heavy atom. The second-order valence-corrected chi connectivity index (χ2v) is 12.6. The summed E-state index contributed by atoms with van der Waals surface area (Å²) in [4.78, 5) is 33.2. The van der Waals surface area contributed by atoms with Gasteiger partial charge in [-0.3, -0.25) is 14.7 Å². The van der Waals surface area contributed by atoms with Crippen LogP contribution in [0.25, 0.3) is 20.7 Å². The van der Waals surface area contributed by atoms with Gasteiger partial charge in [-0.05, 0) is 53.5 Å². The molecule has 2 aromatic heterocycles. The first kappa shape index (κ1) is 32.0. The lowest BCUT2D eigenvalue weighted by atomic mass is 10.1. The SMILES string of the molecule is NC(=O)N1CCN(CCc2ccc(-c3cc4nccc(Oc5ccc(NC(=S)NC(=O)Cc6ccccc6)cc5F)c4s3)cc2)CC1. The Balaban J connectivity index is 1.06. The number of rotatable bonds is 9. The molecule has 6 rings (SSSR count). The van der Waals surface area contributed by atoms with Crippen LogP contribution >= 0.6 is 23.6 Å². The molecule has 12 heteroatoms. The molecule has 0 bridgehead atoms. The molecule has 9 nitrogen and oxygen atoms in total. The number of primary amides is 1. The van der Waals surface area contributed by atoms with Gasteiger partial charge in [-0.15, -0.1) is 11.3 Å². The Bertz CT molecular complexity index is 1890. The Labute approximate surface area is 281 Å². The summed E-state index contributed by atoms with van der Waals surface area (Å²) >= 11 is 6.78. The van der Waals surface area contributed by atoms with E-state index in [0.29, 0.717) is 24.5 Å². The van der Waals surface area contributed by atoms with Crippen LogP contribution < -0.4 is 21.1 Å². The number of nitrogens with zero attached hydrogens (tertiary/aromatic N) is 3. The van der Waals surface area contributed by atoms with Crippen molar-refractivity contribution in [3.8, 4) is 21.9 Å². The number of hydrogen-bond acceptors (Lipinski definition) is 7. The average molecular weight is 669 g/mol. The first-order valence-electron chi connectivity index (χ1n) is 15.2. The molecule has 3 aromatic carbocycles. The third-order valence-electron chi connectivity index (χ3n) is 7.89. The van der Waals surface area contributed by atoms with Gasteiger partial charge in [-0.1, -0.05) is 54.6 Å². The maximum atomic E-state index is 15.1. The van der Waals surface area contributed by atoms with E-state index in [1.165, 1.54) is 29.0 Å². The number of benzene rings is 3. The van der Waals surface area contributed by atoms with Crippen LogP contribution in [-0.2, 0) is 17.6 Å². The lowest BCUT2D eigenvalue weighted by Crippen LogP contribution is -2.50. The fraction of sp³-hybridized carbons (Fsp3) is 0.200. The minimum Gasteiger partial charge on any atom is -0.453 e. The van der Waals surface area contributed by atoms with E-state index < -0.39 is 5.82 Å². The molecule has 1 saturated heterocycles. The maximum Gasteiger partial charge on any atom is 0.314 e. The summed E-state index contributed by atoms with van der Waals surface area (Å²) in [5.41, 5.74) is 9.69. The molecule has 1 fully saturated rings. The minimum absolute atomic E-state index is 0.0532. The fourth-order valence-corrected chi connectivity index (χ4v) is 6.65. The molecule has 0 radical (unpaired) electrons. The summed E-state index contributed by atoms with van der Waals surface area (Å²) in [5, 5.41) is 5.55. The van der Waals surface area contributed by atoms with E-state index >= 15 is 4.39 Å². The van der Waals surface area contributed by atoms with Crippen molar-refractivity contribution in [2.24, 2.45) is 5.73 Å². The molecule has 0 spiro atoms. The van der Waals surface area contributed by atoms with E-state index in [9.17, 15) is 9.59 Å². The van der Waals surface area contributed by atoms with E-state index in [4.69, 9.17) is 22.7 Å². The second kappa shape index (κ2) is 14.7. The van der Waals surface area contributed by atoms with Crippen molar-refractivity contribution < 1.29 is 18.7 Å². The van der Waals surface area contributed by atoms with Crippen LogP contribution in [0.2, 0.25) is 0 Å². The molecule has 1 aliphatic rings. The summed E-state index contributed by atoms with van der Waals surface area (Å²) in [7, 11) is 0. The number of ether oxygens (including phenoxy) is 1. The van der Waals surface area contributed by atoms with Gasteiger partial charge in [0.25, 0.3) is 0 Å². The number of amides is 3. The Morgan fingerprint density at radius 1 is 0.936 bits per heavy atom. The molecule has 0 unspecified atom stereocenters. The van der Waals surface area contributed by atoms with E-state index in [1.54, 1.807) is 23.2 Å². The van der Waals surface area contributed by atoms with Gasteiger partial charge in [-0.25, -0.2) is 9.18 Å². The lowest BCUT2D eigenvalue weighted by Gasteiger charge is -2.33. The van der Waals surface area contributed by atoms with Gasteiger partial charge < -0.3 is 26.0 Å². The number of carbonyl (C=O) groups excluding carboxylic acids is 2. The monoisotopic (exact) mass is 668 g/mol. The number of piperazine rings is 1. The van der Waals surface area contributed by atoms with Crippen molar-refractivity contribution in [1.29, 1.82) is 0 Å². The number of fused-ring (bicyclic) bond motifs is 1. The number of pyridine rings is 1. The molecule has 0 saturated carbocycles. The standard InChI is InChI=1S/C35H33FN6O3S2/c36-27-21-26(39-35(46)40-32(43)20-24-4-2-1-3-5-24)10-11-29(27)45-30-12-14-38-28-22-31(47-33(28)30)25-8-6-23(7-9-25)13-15-41-16-18-42(19-17-41)34(37)44/h1-12,14,21-22H,13,15-20H2,(H2,37,44)(H2,39,40,43,46). The van der Waals surface area contributed by atoms with Crippen molar-refractivity contribution in [1.82, 2.24) is 20.1 Å². The van der Waals surface area contributed by atoms with E-state index in [2.05, 4.69) is 44.8 Å². The molecule has 47 heavy (non-hydrogen) atoms. The van der Waals surface area contributed by atoms with E-state index in [0.717, 1.165) is 52.3 Å². The molecule has 1 aliphatic heterocycles. The van der Waals surface area contributed by atoms with E-state index in [-0.39, 0.29) is 29.2 Å². The van der Waals surface area contributed by atoms with Crippen LogP contribution in [0.15, 0.2) is 91.1 Å². The number of nitrogens with one attached hydrogen (secondary N) is 2. The van der Waals surface area contributed by atoms with Crippen LogP contribution in [0.3, 0.4) is 0 Å². The number of anilines is 1. The van der Waals surface area contributed by atoms with Gasteiger partial charge in [0.15, 0.2) is 16.7 Å². The van der Waals surface area contributed by atoms with Crippen LogP contribution in [-0.4, -0.2) is 64.6 Å². The number of aromatic nitrogens is 1. The molecule has 4 N–H and O–H groups in total. The normalized spacial score (nSPS) is 13.3. The van der Waals surface area contributed by atoms with Crippen LogP contribution in [0, 0.1) is 5.82 Å². The highest BCUT2D eigenvalue weighted by Crippen LogP contribution is 2.39. The highest BCUT2D eigenvalue weighted by Gasteiger charge is 2.19. The molecule has 5 aromatic rings. The molecular formula is C35H33FN6O3S2. The third-order valence-corrected chi connectivity index (χ3v) is 9.28. The lowest BCUT2D eigenvalue weighted by molar-refractivity contribution is -0.119. The van der Waals surface area contributed by atoms with E-state index in [1.807, 2.05) is 36.4 Å². The minimum atomic E-state index is -0.583. The molecule has 3 heterocycles. The number of thiocarbonyl (C=S) groups is 1. The largest absolute Gasteiger partial charge is 0.453 e. The van der Waals surface area contributed by atoms with Crippen LogP contribution in [0.5, 0.6) is 11.5 Å². The van der Waals surface area contributed by atoms with Crippen molar-refractivity contribution in [2.75, 3.05) is 38.0 Å². The predicted molar refractivity (Wildman–Crippen MR) is 187 cm³/mol. The summed E-state index contributed by atoms with van der Waals surface area (Å²) in [5.74, 6) is -0.295. The third kappa shape index (κ3) is 8.28. The van der Waals surface area contributed by atoms with Crippen molar-refractivity contribution in [3.63, 3.8) is 0 Å². The number of urea groups is 1. The molecule has 3 amide bonds. The first-order valence-corrected chi connectivity index (χ1v) is 16.4. The highest BCUT2D eigenvalue weighted by atomic mass is 32.1. The Kier molecular flexibility index (Phi) is 10.0. The number of carbonyl (C=O) groups is 2. The Hall–Kier alpha value is -4.91. The second-order valence-electron chi connectivity index (χ2n) is 11.2. The van der Waals surface area contributed by atoms with Gasteiger partial charge >= 0.3 is 6.03 Å². The topological polar surface area (TPSA) is 113 Å². The summed E-state index contributed by atoms with van der Waals surface area (Å²) in [6, 6.07) is 25.6. The first-order chi connectivity index (χ1) is 22.8. The van der Waals surface area contributed by atoms with Crippen molar-refractivity contribution in [3.05, 3.63) is 108 Å². The van der Waals surface area contributed by atoms with Gasteiger partial charge in [0, 0.05) is 61.6 Å². The van der Waals surface area contributed by atoms with Gasteiger partial charge in [-0.2, -0.15) is 0 Å². The Morgan fingerprint density at radius 3 is 2.43 bits per heavy atom. The zero-order valence-corrected chi connectivity index (χ0v) is 27.1. The number of hydrogen-bond donors (Lipinski definition) is 3. The van der Waals surface area contributed by atoms with Gasteiger partial charge in [0.2, 0.25) is 5.91 Å². The van der Waals surface area contributed by atoms with Gasteiger partial charge in [0.1, 0.15) is 5.75 Å². The zero-order valence-electron chi connectivity index (χ0n) is 25.4. The quantitative estimate of drug-likeness (QED) is 0.161. The number of halogens is 1. The number of thiophene rings is 1. The fourth-order valence-electron chi connectivity index (χ4n) is 5.35. The zero-order chi connectivity index (χ0) is 32.8. The maximum absolute atomic E-state index is 15.1. The van der Waals surface area contributed by atoms with Gasteiger partial charge in [0.05, 0.1) is 16.6 Å². The average Bonchev–Trinajstić information content (AvgIpc) is 3.51. The molecule has 240 valence electrons. The summed E-state index contributed by atoms with van der Waals surface area (Å²) in [6.45, 7) is 3.91. The van der Waals surface area contributed by atoms with Crippen molar-refractivity contribution in [2.45, 2.75) is 12.8 Å². The smallest absolute Gasteiger partial charge is 0.314 e. The van der Waals surface area contributed by atoms with Crippen molar-refractivity contribution >= 4 is 56.5 Å².